The van der Waals surface area contributed by atoms with Crippen LogP contribution < -0.4 is 15.4 Å². The van der Waals surface area contributed by atoms with Crippen LogP contribution in [0, 0.1) is 0 Å². The van der Waals surface area contributed by atoms with Gasteiger partial charge in [-0.3, -0.25) is 4.72 Å². The van der Waals surface area contributed by atoms with Gasteiger partial charge in [-0.2, -0.15) is 0 Å². The molecule has 1 heterocycles. The van der Waals surface area contributed by atoms with Crippen molar-refractivity contribution in [1.29, 1.82) is 0 Å². The number of nitrogens with zero attached hydrogens (tertiary/aromatic N) is 1. The van der Waals surface area contributed by atoms with Crippen LogP contribution in [0.15, 0.2) is 53.4 Å². The third-order valence-corrected chi connectivity index (χ3v) is 6.28. The summed E-state index contributed by atoms with van der Waals surface area (Å²) in [7, 11) is -3.58. The van der Waals surface area contributed by atoms with E-state index >= 15 is 0 Å². The van der Waals surface area contributed by atoms with Crippen LogP contribution >= 0.6 is 0 Å². The van der Waals surface area contributed by atoms with Crippen molar-refractivity contribution in [1.82, 2.24) is 0 Å². The maximum atomic E-state index is 12.6. The Hall–Kier alpha value is -2.05. The van der Waals surface area contributed by atoms with E-state index in [4.69, 9.17) is 5.73 Å². The van der Waals surface area contributed by atoms with E-state index in [9.17, 15) is 8.42 Å². The van der Waals surface area contributed by atoms with Crippen LogP contribution in [0.25, 0.3) is 0 Å². The third-order valence-electron chi connectivity index (χ3n) is 4.88. The first-order valence-electron chi connectivity index (χ1n) is 9.08. The Morgan fingerprint density at radius 3 is 2.12 bits per heavy atom. The van der Waals surface area contributed by atoms with E-state index in [0.29, 0.717) is 17.6 Å². The molecule has 0 saturated carbocycles. The van der Waals surface area contributed by atoms with Crippen LogP contribution in [0.3, 0.4) is 0 Å². The molecule has 140 valence electrons. The maximum absolute atomic E-state index is 12.6. The number of rotatable bonds is 5. The van der Waals surface area contributed by atoms with Gasteiger partial charge in [-0.25, -0.2) is 8.42 Å². The Kier molecular flexibility index (Phi) is 5.53. The van der Waals surface area contributed by atoms with Crippen LogP contribution in [-0.4, -0.2) is 27.5 Å². The van der Waals surface area contributed by atoms with Crippen LogP contribution in [0.5, 0.6) is 0 Å². The van der Waals surface area contributed by atoms with E-state index in [1.807, 2.05) is 36.4 Å². The summed E-state index contributed by atoms with van der Waals surface area (Å²) in [6.07, 6.45) is 1.97. The van der Waals surface area contributed by atoms with Crippen molar-refractivity contribution >= 4 is 21.4 Å². The van der Waals surface area contributed by atoms with Gasteiger partial charge in [0.2, 0.25) is 0 Å². The fourth-order valence-corrected chi connectivity index (χ4v) is 4.20. The fraction of sp³-hybridized carbons (Fsp3) is 0.400. The van der Waals surface area contributed by atoms with Crippen LogP contribution in [-0.2, 0) is 10.0 Å². The van der Waals surface area contributed by atoms with Crippen molar-refractivity contribution in [3.05, 3.63) is 54.1 Å². The molecule has 26 heavy (non-hydrogen) atoms. The summed E-state index contributed by atoms with van der Waals surface area (Å²) in [5.41, 5.74) is 8.73. The van der Waals surface area contributed by atoms with Crippen LogP contribution in [0.4, 0.5) is 11.4 Å². The SMILES string of the molecule is CC(C)c1ccc(S(=O)(=O)Nc2ccc(N3CCC(N)CC3)cc2)cc1. The second kappa shape index (κ2) is 7.68. The minimum absolute atomic E-state index is 0.274. The summed E-state index contributed by atoms with van der Waals surface area (Å²) in [6, 6.07) is 14.9. The summed E-state index contributed by atoms with van der Waals surface area (Å²) < 4.78 is 27.8. The van der Waals surface area contributed by atoms with E-state index in [1.165, 1.54) is 0 Å². The monoisotopic (exact) mass is 373 g/mol. The maximum Gasteiger partial charge on any atom is 0.261 e. The average Bonchev–Trinajstić information content (AvgIpc) is 2.63. The molecule has 0 amide bonds. The lowest BCUT2D eigenvalue weighted by molar-refractivity contribution is 0.501. The Bertz CT molecular complexity index is 822. The topological polar surface area (TPSA) is 75.4 Å². The van der Waals surface area contributed by atoms with Gasteiger partial charge in [-0.1, -0.05) is 26.0 Å². The lowest BCUT2D eigenvalue weighted by atomic mass is 10.0. The lowest BCUT2D eigenvalue weighted by Gasteiger charge is -2.32. The highest BCUT2D eigenvalue weighted by atomic mass is 32.2. The summed E-state index contributed by atoms with van der Waals surface area (Å²) in [5.74, 6) is 0.372. The average molecular weight is 374 g/mol. The minimum Gasteiger partial charge on any atom is -0.371 e. The van der Waals surface area contributed by atoms with E-state index in [-0.39, 0.29) is 4.90 Å². The zero-order chi connectivity index (χ0) is 18.7. The highest BCUT2D eigenvalue weighted by Gasteiger charge is 2.17. The van der Waals surface area contributed by atoms with Gasteiger partial charge in [0, 0.05) is 30.5 Å². The van der Waals surface area contributed by atoms with Crippen LogP contribution in [0.2, 0.25) is 0 Å². The molecule has 3 N–H and O–H groups in total. The number of hydrogen-bond donors (Lipinski definition) is 2. The first-order valence-corrected chi connectivity index (χ1v) is 10.6. The van der Waals surface area contributed by atoms with Gasteiger partial charge in [-0.15, -0.1) is 0 Å². The number of hydrogen-bond acceptors (Lipinski definition) is 4. The molecule has 2 aromatic carbocycles. The van der Waals surface area contributed by atoms with Crippen molar-refractivity contribution in [2.75, 3.05) is 22.7 Å². The van der Waals surface area contributed by atoms with Crippen molar-refractivity contribution < 1.29 is 8.42 Å². The zero-order valence-electron chi connectivity index (χ0n) is 15.4. The quantitative estimate of drug-likeness (QED) is 0.841. The van der Waals surface area contributed by atoms with E-state index in [0.717, 1.165) is 37.2 Å². The van der Waals surface area contributed by atoms with Gasteiger partial charge in [0.25, 0.3) is 10.0 Å². The zero-order valence-corrected chi connectivity index (χ0v) is 16.2. The summed E-state index contributed by atoms with van der Waals surface area (Å²) >= 11 is 0. The predicted octanol–water partition coefficient (Wildman–Crippen LogP) is 3.54. The largest absolute Gasteiger partial charge is 0.371 e. The molecule has 5 nitrogen and oxygen atoms in total. The molecule has 0 spiro atoms. The molecule has 1 aliphatic heterocycles. The molecule has 0 bridgehead atoms. The normalized spacial score (nSPS) is 16.1. The van der Waals surface area contributed by atoms with Crippen molar-refractivity contribution in [2.24, 2.45) is 5.73 Å². The Morgan fingerprint density at radius 1 is 1.00 bits per heavy atom. The lowest BCUT2D eigenvalue weighted by Crippen LogP contribution is -2.39. The first kappa shape index (κ1) is 18.7. The number of nitrogens with two attached hydrogens (primary N) is 1. The molecule has 0 atom stereocenters. The molecule has 0 aromatic heterocycles. The Balaban J connectivity index is 1.69. The van der Waals surface area contributed by atoms with Crippen molar-refractivity contribution in [3.63, 3.8) is 0 Å². The molecule has 1 aliphatic rings. The number of piperidine rings is 1. The molecule has 6 heteroatoms. The second-order valence-corrected chi connectivity index (χ2v) is 8.88. The summed E-state index contributed by atoms with van der Waals surface area (Å²) in [6.45, 7) is 6.04. The third kappa shape index (κ3) is 4.37. The van der Waals surface area contributed by atoms with Crippen LogP contribution in [0.1, 0.15) is 38.2 Å². The molecule has 1 saturated heterocycles. The highest BCUT2D eigenvalue weighted by Crippen LogP contribution is 2.24. The molecule has 0 radical (unpaired) electrons. The molecular weight excluding hydrogens is 346 g/mol. The number of anilines is 2. The van der Waals surface area contributed by atoms with Gasteiger partial charge >= 0.3 is 0 Å². The van der Waals surface area contributed by atoms with Gasteiger partial charge in [0.1, 0.15) is 0 Å². The predicted molar refractivity (Wildman–Crippen MR) is 107 cm³/mol. The van der Waals surface area contributed by atoms with Gasteiger partial charge in [-0.05, 0) is 60.7 Å². The number of sulfonamides is 1. The van der Waals surface area contributed by atoms with Gasteiger partial charge < -0.3 is 10.6 Å². The number of nitrogens with one attached hydrogen (secondary N) is 1. The molecule has 0 unspecified atom stereocenters. The molecule has 1 fully saturated rings. The van der Waals surface area contributed by atoms with Crippen molar-refractivity contribution in [3.8, 4) is 0 Å². The Morgan fingerprint density at radius 2 is 1.58 bits per heavy atom. The minimum atomic E-state index is -3.58. The second-order valence-electron chi connectivity index (χ2n) is 7.20. The fourth-order valence-electron chi connectivity index (χ4n) is 3.14. The molecule has 0 aliphatic carbocycles. The van der Waals surface area contributed by atoms with E-state index < -0.39 is 10.0 Å². The number of benzene rings is 2. The Labute approximate surface area is 156 Å². The standard InChI is InChI=1S/C20H27N3O2S/c1-15(2)16-3-9-20(10-4-16)26(24,25)22-18-5-7-19(8-6-18)23-13-11-17(21)12-14-23/h3-10,15,17,22H,11-14,21H2,1-2H3. The summed E-state index contributed by atoms with van der Waals surface area (Å²) in [5, 5.41) is 0. The van der Waals surface area contributed by atoms with E-state index in [1.54, 1.807) is 12.1 Å². The molecule has 3 rings (SSSR count). The molecular formula is C20H27N3O2S. The smallest absolute Gasteiger partial charge is 0.261 e. The highest BCUT2D eigenvalue weighted by molar-refractivity contribution is 7.92. The van der Waals surface area contributed by atoms with Crippen molar-refractivity contribution in [2.45, 2.75) is 43.5 Å². The van der Waals surface area contributed by atoms with Gasteiger partial charge in [0.15, 0.2) is 0 Å². The molecule has 2 aromatic rings. The first-order chi connectivity index (χ1) is 12.3. The van der Waals surface area contributed by atoms with Gasteiger partial charge in [0.05, 0.1) is 4.90 Å². The van der Waals surface area contributed by atoms with E-state index in [2.05, 4.69) is 23.5 Å². The summed E-state index contributed by atoms with van der Waals surface area (Å²) in [4.78, 5) is 2.56.